The normalized spacial score (nSPS) is 12.4. The molecule has 0 atom stereocenters. The van der Waals surface area contributed by atoms with Crippen LogP contribution in [0, 0.1) is 0 Å². The van der Waals surface area contributed by atoms with Gasteiger partial charge in [-0.3, -0.25) is 0 Å². The van der Waals surface area contributed by atoms with Gasteiger partial charge < -0.3 is 0 Å². The standard InChI is InChI=1S/C13H15O.3C4H9.Sn/c1-2-3-4-8-11-13(14)12-9-6-5-7-10-12;3*1-3-4-2;/h5-7,9-11H,2-4H2,1H3;3*1,3-4H2,2H3;. The summed E-state index contributed by atoms with van der Waals surface area (Å²) in [5.74, 6) is 0.243. The summed E-state index contributed by atoms with van der Waals surface area (Å²) >= 11 is -2.50. The third-order valence-corrected chi connectivity index (χ3v) is 22.1. The van der Waals surface area contributed by atoms with Gasteiger partial charge in [-0.05, 0) is 0 Å². The second kappa shape index (κ2) is 14.4. The van der Waals surface area contributed by atoms with Crippen LogP contribution in [0.2, 0.25) is 13.3 Å². The number of benzene rings is 1. The molecular weight excluding hydrogens is 435 g/mol. The molecule has 152 valence electrons. The Morgan fingerprint density at radius 3 is 1.70 bits per heavy atom. The summed E-state index contributed by atoms with van der Waals surface area (Å²) in [5.41, 5.74) is 0.855. The van der Waals surface area contributed by atoms with Gasteiger partial charge in [-0.1, -0.05) is 0 Å². The van der Waals surface area contributed by atoms with Gasteiger partial charge in [0.15, 0.2) is 0 Å². The molecule has 0 amide bonds. The Balaban J connectivity index is 3.28. The molecule has 0 saturated carbocycles. The van der Waals surface area contributed by atoms with E-state index in [1.807, 2.05) is 30.3 Å². The van der Waals surface area contributed by atoms with E-state index in [2.05, 4.69) is 33.8 Å². The fraction of sp³-hybridized carbons (Fsp3) is 0.640. The van der Waals surface area contributed by atoms with E-state index in [1.165, 1.54) is 71.1 Å². The molecule has 0 bridgehead atoms. The van der Waals surface area contributed by atoms with E-state index in [0.717, 1.165) is 5.56 Å². The maximum absolute atomic E-state index is 13.0. The first kappa shape index (κ1) is 24.5. The van der Waals surface area contributed by atoms with Gasteiger partial charge >= 0.3 is 173 Å². The second-order valence-corrected chi connectivity index (χ2v) is 21.5. The molecule has 0 aromatic heterocycles. The molecule has 0 aliphatic rings. The monoisotopic (exact) mass is 478 g/mol. The van der Waals surface area contributed by atoms with Crippen LogP contribution in [0.1, 0.15) is 95.8 Å². The summed E-state index contributed by atoms with van der Waals surface area (Å²) in [7, 11) is 0. The third kappa shape index (κ3) is 8.54. The third-order valence-electron chi connectivity index (χ3n) is 5.87. The minimum absolute atomic E-state index is 0.243. The fourth-order valence-corrected chi connectivity index (χ4v) is 21.1. The number of ketones is 1. The zero-order valence-electron chi connectivity index (χ0n) is 18.4. The molecule has 27 heavy (non-hydrogen) atoms. The van der Waals surface area contributed by atoms with E-state index in [0.29, 0.717) is 0 Å². The molecule has 1 rings (SSSR count). The van der Waals surface area contributed by atoms with Crippen molar-refractivity contribution in [1.29, 1.82) is 0 Å². The molecule has 0 N–H and O–H groups in total. The maximum atomic E-state index is 13.0. The minimum atomic E-state index is -2.50. The Bertz CT molecular complexity index is 525. The molecule has 0 aliphatic heterocycles. The summed E-state index contributed by atoms with van der Waals surface area (Å²) in [5, 5.41) is 0. The average Bonchev–Trinajstić information content (AvgIpc) is 2.71. The zero-order chi connectivity index (χ0) is 20.0. The Labute approximate surface area is 172 Å². The van der Waals surface area contributed by atoms with Crippen molar-refractivity contribution in [3.05, 3.63) is 45.6 Å². The topological polar surface area (TPSA) is 17.1 Å². The number of hydrogen-bond acceptors (Lipinski definition) is 1. The van der Waals surface area contributed by atoms with Crippen molar-refractivity contribution in [1.82, 2.24) is 0 Å². The van der Waals surface area contributed by atoms with E-state index >= 15 is 0 Å². The van der Waals surface area contributed by atoms with Gasteiger partial charge in [0.25, 0.3) is 0 Å². The van der Waals surface area contributed by atoms with Crippen molar-refractivity contribution in [3.63, 3.8) is 0 Å². The summed E-state index contributed by atoms with van der Waals surface area (Å²) in [6, 6.07) is 9.89. The van der Waals surface area contributed by atoms with Crippen LogP contribution in [-0.4, -0.2) is 24.2 Å². The van der Waals surface area contributed by atoms with E-state index < -0.39 is 18.4 Å². The van der Waals surface area contributed by atoms with Crippen molar-refractivity contribution < 1.29 is 4.79 Å². The van der Waals surface area contributed by atoms with Crippen LogP contribution in [0.4, 0.5) is 0 Å². The molecule has 0 unspecified atom stereocenters. The predicted octanol–water partition coefficient (Wildman–Crippen LogP) is 8.37. The average molecular weight is 477 g/mol. The Morgan fingerprint density at radius 1 is 0.778 bits per heavy atom. The number of carbonyl (C=O) groups is 1. The van der Waals surface area contributed by atoms with Crippen LogP contribution >= 0.6 is 0 Å². The van der Waals surface area contributed by atoms with Gasteiger partial charge in [0, 0.05) is 0 Å². The number of carbonyl (C=O) groups excluding carboxylic acids is 1. The summed E-state index contributed by atoms with van der Waals surface area (Å²) in [6.07, 6.45) is 13.7. The van der Waals surface area contributed by atoms with E-state index in [-0.39, 0.29) is 5.78 Å². The molecule has 0 spiro atoms. The van der Waals surface area contributed by atoms with Crippen LogP contribution in [0.15, 0.2) is 40.0 Å². The number of rotatable bonds is 15. The van der Waals surface area contributed by atoms with Crippen molar-refractivity contribution in [3.8, 4) is 0 Å². The molecule has 0 radical (unpaired) electrons. The van der Waals surface area contributed by atoms with Crippen molar-refractivity contribution in [2.24, 2.45) is 0 Å². The Hall–Kier alpha value is -0.571. The molecule has 2 heteroatoms. The first-order chi connectivity index (χ1) is 13.1. The Kier molecular flexibility index (Phi) is 13.1. The van der Waals surface area contributed by atoms with Crippen molar-refractivity contribution in [2.75, 3.05) is 0 Å². The molecule has 1 aromatic rings. The molecule has 1 aromatic carbocycles. The number of allylic oxidation sites excluding steroid dienone is 2. The fourth-order valence-electron chi connectivity index (χ4n) is 4.10. The SMILES string of the molecule is CCCC/[C](=C\C(=O)c1ccccc1)[Sn]([CH2]CCC)([CH2]CCC)[CH2]CCC. The summed E-state index contributed by atoms with van der Waals surface area (Å²) < 4.78 is 5.99. The zero-order valence-corrected chi connectivity index (χ0v) is 21.2. The quantitative estimate of drug-likeness (QED) is 0.141. The van der Waals surface area contributed by atoms with Crippen LogP contribution in [0.5, 0.6) is 0 Å². The van der Waals surface area contributed by atoms with E-state index in [4.69, 9.17) is 0 Å². The van der Waals surface area contributed by atoms with Crippen LogP contribution in [0.3, 0.4) is 0 Å². The van der Waals surface area contributed by atoms with Gasteiger partial charge in [-0.2, -0.15) is 0 Å². The molecule has 0 heterocycles. The number of hydrogen-bond donors (Lipinski definition) is 0. The van der Waals surface area contributed by atoms with Gasteiger partial charge in [0.05, 0.1) is 0 Å². The first-order valence-corrected chi connectivity index (χ1v) is 18.9. The summed E-state index contributed by atoms with van der Waals surface area (Å²) in [4.78, 5) is 13.0. The van der Waals surface area contributed by atoms with E-state index in [1.54, 1.807) is 3.59 Å². The van der Waals surface area contributed by atoms with Gasteiger partial charge in [-0.25, -0.2) is 0 Å². The first-order valence-electron chi connectivity index (χ1n) is 11.4. The Morgan fingerprint density at radius 2 is 1.26 bits per heavy atom. The van der Waals surface area contributed by atoms with Crippen LogP contribution in [-0.2, 0) is 0 Å². The van der Waals surface area contributed by atoms with E-state index in [9.17, 15) is 4.79 Å². The van der Waals surface area contributed by atoms with Gasteiger partial charge in [0.1, 0.15) is 0 Å². The van der Waals surface area contributed by atoms with Crippen molar-refractivity contribution in [2.45, 2.75) is 98.8 Å². The van der Waals surface area contributed by atoms with Crippen LogP contribution < -0.4 is 0 Å². The molecule has 1 nitrogen and oxygen atoms in total. The molecular formula is C25H42OSn. The van der Waals surface area contributed by atoms with Crippen LogP contribution in [0.25, 0.3) is 0 Å². The van der Waals surface area contributed by atoms with Gasteiger partial charge in [0.2, 0.25) is 0 Å². The molecule has 0 fully saturated rings. The second-order valence-electron chi connectivity index (χ2n) is 8.09. The number of unbranched alkanes of at least 4 members (excludes halogenated alkanes) is 4. The summed E-state index contributed by atoms with van der Waals surface area (Å²) in [6.45, 7) is 9.24. The molecule has 0 aliphatic carbocycles. The predicted molar refractivity (Wildman–Crippen MR) is 123 cm³/mol. The van der Waals surface area contributed by atoms with Crippen molar-refractivity contribution >= 4 is 24.2 Å². The molecule has 0 saturated heterocycles. The van der Waals surface area contributed by atoms with Gasteiger partial charge in [-0.15, -0.1) is 0 Å².